The summed E-state index contributed by atoms with van der Waals surface area (Å²) in [5.41, 5.74) is 2.94. The normalized spacial score (nSPS) is 11.6. The largest absolute Gasteiger partial charge is 0.481 e. The molecule has 1 aromatic rings. The third-order valence-corrected chi connectivity index (χ3v) is 3.02. The highest BCUT2D eigenvalue weighted by Gasteiger charge is 2.19. The number of aliphatic carboxylic acids is 1. The molecule has 0 spiro atoms. The second kappa shape index (κ2) is 7.48. The standard InChI is InChI=1S/C16H21NO3/c1-11(2)8-15(18)17-10-14(16(19)20)9-13-7-5-4-6-12(13)3/h4-8,14H,9-10H2,1-3H3,(H,17,18)(H,19,20)/t14-/m1/s1. The molecule has 20 heavy (non-hydrogen) atoms. The molecule has 0 aromatic heterocycles. The van der Waals surface area contributed by atoms with Crippen LogP contribution >= 0.6 is 0 Å². The SMILES string of the molecule is CC(C)=CC(=O)NC[C@@H](Cc1ccccc1C)C(=O)O. The van der Waals surface area contributed by atoms with Gasteiger partial charge in [-0.25, -0.2) is 0 Å². The predicted molar refractivity (Wildman–Crippen MR) is 78.4 cm³/mol. The van der Waals surface area contributed by atoms with Gasteiger partial charge in [0.25, 0.3) is 0 Å². The fourth-order valence-corrected chi connectivity index (χ4v) is 1.89. The number of benzene rings is 1. The summed E-state index contributed by atoms with van der Waals surface area (Å²) in [6, 6.07) is 7.69. The molecule has 1 rings (SSSR count). The van der Waals surface area contributed by atoms with E-state index in [4.69, 9.17) is 0 Å². The predicted octanol–water partition coefficient (Wildman–Crippen LogP) is 2.32. The third kappa shape index (κ3) is 5.26. The van der Waals surface area contributed by atoms with Crippen LogP contribution in [0.4, 0.5) is 0 Å². The highest BCUT2D eigenvalue weighted by molar-refractivity contribution is 5.88. The molecule has 4 nitrogen and oxygen atoms in total. The molecule has 0 radical (unpaired) electrons. The summed E-state index contributed by atoms with van der Waals surface area (Å²) in [5.74, 6) is -1.77. The molecule has 1 atom stereocenters. The van der Waals surface area contributed by atoms with Crippen molar-refractivity contribution in [1.82, 2.24) is 5.32 Å². The number of hydrogen-bond donors (Lipinski definition) is 2. The van der Waals surface area contributed by atoms with Gasteiger partial charge in [-0.15, -0.1) is 0 Å². The first kappa shape index (κ1) is 16.0. The number of carbonyl (C=O) groups is 2. The van der Waals surface area contributed by atoms with Crippen LogP contribution in [0.3, 0.4) is 0 Å². The van der Waals surface area contributed by atoms with Gasteiger partial charge in [-0.2, -0.15) is 0 Å². The molecule has 1 aromatic carbocycles. The number of rotatable bonds is 6. The van der Waals surface area contributed by atoms with Crippen molar-refractivity contribution in [1.29, 1.82) is 0 Å². The number of carboxylic acids is 1. The second-order valence-corrected chi connectivity index (χ2v) is 5.13. The van der Waals surface area contributed by atoms with Gasteiger partial charge in [0.15, 0.2) is 0 Å². The van der Waals surface area contributed by atoms with E-state index in [2.05, 4.69) is 5.32 Å². The van der Waals surface area contributed by atoms with Gasteiger partial charge in [-0.3, -0.25) is 9.59 Å². The van der Waals surface area contributed by atoms with E-state index in [-0.39, 0.29) is 12.5 Å². The molecule has 0 saturated carbocycles. The maximum Gasteiger partial charge on any atom is 0.308 e. The van der Waals surface area contributed by atoms with Crippen molar-refractivity contribution in [2.24, 2.45) is 5.92 Å². The summed E-state index contributed by atoms with van der Waals surface area (Å²) in [6.45, 7) is 5.73. The van der Waals surface area contributed by atoms with Crippen LogP contribution in [0.15, 0.2) is 35.9 Å². The molecule has 0 fully saturated rings. The summed E-state index contributed by atoms with van der Waals surface area (Å²) in [6.07, 6.45) is 1.88. The van der Waals surface area contributed by atoms with Crippen LogP contribution in [0, 0.1) is 12.8 Å². The molecule has 0 unspecified atom stereocenters. The first-order valence-corrected chi connectivity index (χ1v) is 6.60. The van der Waals surface area contributed by atoms with Gasteiger partial charge in [-0.05, 0) is 38.3 Å². The van der Waals surface area contributed by atoms with Crippen molar-refractivity contribution in [3.8, 4) is 0 Å². The van der Waals surface area contributed by atoms with Gasteiger partial charge in [0.05, 0.1) is 5.92 Å². The van der Waals surface area contributed by atoms with Gasteiger partial charge in [0, 0.05) is 12.6 Å². The lowest BCUT2D eigenvalue weighted by atomic mass is 9.96. The lowest BCUT2D eigenvalue weighted by Crippen LogP contribution is -2.33. The maximum absolute atomic E-state index is 11.5. The molecule has 0 aliphatic rings. The monoisotopic (exact) mass is 275 g/mol. The fraction of sp³-hybridized carbons (Fsp3) is 0.375. The van der Waals surface area contributed by atoms with Gasteiger partial charge in [0.1, 0.15) is 0 Å². The Labute approximate surface area is 119 Å². The van der Waals surface area contributed by atoms with Gasteiger partial charge >= 0.3 is 5.97 Å². The number of carbonyl (C=O) groups excluding carboxylic acids is 1. The van der Waals surface area contributed by atoms with E-state index in [1.165, 1.54) is 6.08 Å². The van der Waals surface area contributed by atoms with E-state index >= 15 is 0 Å². The fourth-order valence-electron chi connectivity index (χ4n) is 1.89. The quantitative estimate of drug-likeness (QED) is 0.783. The minimum Gasteiger partial charge on any atom is -0.481 e. The van der Waals surface area contributed by atoms with Crippen LogP contribution in [0.1, 0.15) is 25.0 Å². The van der Waals surface area contributed by atoms with Crippen molar-refractivity contribution in [3.05, 3.63) is 47.0 Å². The van der Waals surface area contributed by atoms with Gasteiger partial charge < -0.3 is 10.4 Å². The molecule has 108 valence electrons. The minimum absolute atomic E-state index is 0.131. The topological polar surface area (TPSA) is 66.4 Å². The first-order valence-electron chi connectivity index (χ1n) is 6.60. The van der Waals surface area contributed by atoms with Crippen LogP contribution in [-0.2, 0) is 16.0 Å². The van der Waals surface area contributed by atoms with Crippen LogP contribution in [0.25, 0.3) is 0 Å². The molecule has 4 heteroatoms. The summed E-state index contributed by atoms with van der Waals surface area (Å²) >= 11 is 0. The molecule has 2 N–H and O–H groups in total. The summed E-state index contributed by atoms with van der Waals surface area (Å²) in [4.78, 5) is 22.8. The number of allylic oxidation sites excluding steroid dienone is 1. The Morgan fingerprint density at radius 2 is 1.95 bits per heavy atom. The van der Waals surface area contributed by atoms with Gasteiger partial charge in [0.2, 0.25) is 5.91 Å². The lowest BCUT2D eigenvalue weighted by Gasteiger charge is -2.14. The molecule has 0 aliphatic carbocycles. The zero-order valence-corrected chi connectivity index (χ0v) is 12.1. The second-order valence-electron chi connectivity index (χ2n) is 5.13. The zero-order chi connectivity index (χ0) is 15.1. The van der Waals surface area contributed by atoms with Crippen LogP contribution in [0.5, 0.6) is 0 Å². The smallest absolute Gasteiger partial charge is 0.308 e. The highest BCUT2D eigenvalue weighted by Crippen LogP contribution is 2.13. The van der Waals surface area contributed by atoms with E-state index in [0.29, 0.717) is 6.42 Å². The maximum atomic E-state index is 11.5. The number of nitrogens with one attached hydrogen (secondary N) is 1. The molecule has 1 amide bonds. The van der Waals surface area contributed by atoms with E-state index in [9.17, 15) is 14.7 Å². The zero-order valence-electron chi connectivity index (χ0n) is 12.1. The average Bonchev–Trinajstić information content (AvgIpc) is 2.35. The van der Waals surface area contributed by atoms with Crippen molar-refractivity contribution < 1.29 is 14.7 Å². The first-order chi connectivity index (χ1) is 9.40. The van der Waals surface area contributed by atoms with E-state index in [0.717, 1.165) is 16.7 Å². The van der Waals surface area contributed by atoms with E-state index < -0.39 is 11.9 Å². The molecular formula is C16H21NO3. The number of aryl methyl sites for hydroxylation is 1. The van der Waals surface area contributed by atoms with Crippen molar-refractivity contribution in [2.75, 3.05) is 6.54 Å². The highest BCUT2D eigenvalue weighted by atomic mass is 16.4. The molecular weight excluding hydrogens is 254 g/mol. The molecule has 0 saturated heterocycles. The Kier molecular flexibility index (Phi) is 5.97. The molecule has 0 heterocycles. The lowest BCUT2D eigenvalue weighted by molar-refractivity contribution is -0.141. The Balaban J connectivity index is 2.67. The van der Waals surface area contributed by atoms with Gasteiger partial charge in [-0.1, -0.05) is 29.8 Å². The molecule has 0 aliphatic heterocycles. The summed E-state index contributed by atoms with van der Waals surface area (Å²) < 4.78 is 0. The Bertz CT molecular complexity index is 516. The van der Waals surface area contributed by atoms with Crippen molar-refractivity contribution in [2.45, 2.75) is 27.2 Å². The summed E-state index contributed by atoms with van der Waals surface area (Å²) in [5, 5.41) is 11.9. The Morgan fingerprint density at radius 3 is 2.50 bits per heavy atom. The van der Waals surface area contributed by atoms with Crippen molar-refractivity contribution in [3.63, 3.8) is 0 Å². The Hall–Kier alpha value is -2.10. The average molecular weight is 275 g/mol. The van der Waals surface area contributed by atoms with Crippen molar-refractivity contribution >= 4 is 11.9 Å². The van der Waals surface area contributed by atoms with Crippen LogP contribution in [0.2, 0.25) is 0 Å². The van der Waals surface area contributed by atoms with E-state index in [1.807, 2.05) is 45.0 Å². The third-order valence-electron chi connectivity index (χ3n) is 3.02. The minimum atomic E-state index is -0.897. The number of carboxylic acid groups (broad SMARTS) is 1. The van der Waals surface area contributed by atoms with E-state index in [1.54, 1.807) is 0 Å². The van der Waals surface area contributed by atoms with Crippen LogP contribution < -0.4 is 5.32 Å². The summed E-state index contributed by atoms with van der Waals surface area (Å²) in [7, 11) is 0. The number of hydrogen-bond acceptors (Lipinski definition) is 2. The Morgan fingerprint density at radius 1 is 1.30 bits per heavy atom. The van der Waals surface area contributed by atoms with Crippen LogP contribution in [-0.4, -0.2) is 23.5 Å². The molecule has 0 bridgehead atoms. The number of amides is 1.